The van der Waals surface area contributed by atoms with Crippen molar-refractivity contribution in [2.24, 2.45) is 0 Å². The zero-order chi connectivity index (χ0) is 21.8. The van der Waals surface area contributed by atoms with Gasteiger partial charge in [-0.3, -0.25) is 4.79 Å². The second-order valence-electron chi connectivity index (χ2n) is 7.04. The molecular formula is C23H22N4O3S. The summed E-state index contributed by atoms with van der Waals surface area (Å²) >= 11 is 1.61. The van der Waals surface area contributed by atoms with Crippen LogP contribution in [0.5, 0.6) is 0 Å². The van der Waals surface area contributed by atoms with E-state index in [4.69, 9.17) is 4.74 Å². The number of ether oxygens (including phenoxy) is 1. The van der Waals surface area contributed by atoms with E-state index in [9.17, 15) is 9.59 Å². The normalized spacial score (nSPS) is 10.9. The first-order valence-corrected chi connectivity index (χ1v) is 10.7. The summed E-state index contributed by atoms with van der Waals surface area (Å²) in [6, 6.07) is 17.5. The van der Waals surface area contributed by atoms with E-state index in [0.29, 0.717) is 29.9 Å². The number of amides is 1. The van der Waals surface area contributed by atoms with E-state index in [0.717, 1.165) is 20.9 Å². The Morgan fingerprint density at radius 1 is 1.06 bits per heavy atom. The Kier molecular flexibility index (Phi) is 6.08. The van der Waals surface area contributed by atoms with Crippen molar-refractivity contribution in [3.8, 4) is 5.69 Å². The highest BCUT2D eigenvalue weighted by Gasteiger charge is 2.21. The standard InChI is InChI=1S/C23H22N4O3S/c1-15-22(16(2)27(26-15)17-8-4-3-5-9-17)23(29)30-14-20(28)24-13-12-21-25-18-10-6-7-11-19(18)31-21/h3-11H,12-14H2,1-2H3,(H,24,28). The number of carbonyl (C=O) groups excluding carboxylic acids is 2. The number of aromatic nitrogens is 3. The second-order valence-corrected chi connectivity index (χ2v) is 8.16. The number of rotatable bonds is 7. The smallest absolute Gasteiger partial charge is 0.342 e. The number of esters is 1. The van der Waals surface area contributed by atoms with Gasteiger partial charge in [-0.25, -0.2) is 14.5 Å². The summed E-state index contributed by atoms with van der Waals surface area (Å²) in [6.45, 7) is 3.65. The van der Waals surface area contributed by atoms with Crippen molar-refractivity contribution < 1.29 is 14.3 Å². The van der Waals surface area contributed by atoms with Gasteiger partial charge in [0.2, 0.25) is 0 Å². The number of fused-ring (bicyclic) bond motifs is 1. The van der Waals surface area contributed by atoms with Crippen LogP contribution >= 0.6 is 11.3 Å². The lowest BCUT2D eigenvalue weighted by molar-refractivity contribution is -0.124. The predicted molar refractivity (Wildman–Crippen MR) is 120 cm³/mol. The molecule has 0 aliphatic carbocycles. The Bertz CT molecular complexity index is 1200. The predicted octanol–water partition coefficient (Wildman–Crippen LogP) is 3.61. The minimum absolute atomic E-state index is 0.339. The fraction of sp³-hybridized carbons (Fsp3) is 0.217. The monoisotopic (exact) mass is 434 g/mol. The first kappa shape index (κ1) is 20.7. The molecule has 0 unspecified atom stereocenters. The van der Waals surface area contributed by atoms with Gasteiger partial charge in [-0.05, 0) is 38.1 Å². The first-order chi connectivity index (χ1) is 15.0. The van der Waals surface area contributed by atoms with Gasteiger partial charge in [-0.1, -0.05) is 30.3 Å². The molecule has 2 aromatic heterocycles. The molecule has 0 bridgehead atoms. The van der Waals surface area contributed by atoms with E-state index >= 15 is 0 Å². The van der Waals surface area contributed by atoms with Gasteiger partial charge < -0.3 is 10.1 Å². The molecular weight excluding hydrogens is 412 g/mol. The van der Waals surface area contributed by atoms with Crippen LogP contribution in [0.15, 0.2) is 54.6 Å². The molecule has 0 radical (unpaired) electrons. The zero-order valence-electron chi connectivity index (χ0n) is 17.3. The topological polar surface area (TPSA) is 86.1 Å². The van der Waals surface area contributed by atoms with Crippen molar-refractivity contribution in [3.63, 3.8) is 0 Å². The van der Waals surface area contributed by atoms with Crippen LogP contribution in [0.25, 0.3) is 15.9 Å². The van der Waals surface area contributed by atoms with Crippen LogP contribution in [0.2, 0.25) is 0 Å². The van der Waals surface area contributed by atoms with Crippen molar-refractivity contribution in [1.29, 1.82) is 0 Å². The molecule has 2 aromatic carbocycles. The maximum absolute atomic E-state index is 12.6. The summed E-state index contributed by atoms with van der Waals surface area (Å²) in [5, 5.41) is 8.17. The van der Waals surface area contributed by atoms with Gasteiger partial charge in [0.1, 0.15) is 5.56 Å². The van der Waals surface area contributed by atoms with Crippen LogP contribution in [-0.4, -0.2) is 39.8 Å². The number of para-hydroxylation sites is 2. The van der Waals surface area contributed by atoms with Gasteiger partial charge >= 0.3 is 5.97 Å². The number of hydrogen-bond donors (Lipinski definition) is 1. The molecule has 7 nitrogen and oxygen atoms in total. The molecule has 2 heterocycles. The third-order valence-electron chi connectivity index (χ3n) is 4.83. The fourth-order valence-electron chi connectivity index (χ4n) is 3.35. The molecule has 1 N–H and O–H groups in total. The van der Waals surface area contributed by atoms with Gasteiger partial charge in [-0.15, -0.1) is 11.3 Å². The summed E-state index contributed by atoms with van der Waals surface area (Å²) in [7, 11) is 0. The average molecular weight is 435 g/mol. The maximum atomic E-state index is 12.6. The Hall–Kier alpha value is -3.52. The molecule has 0 fully saturated rings. The number of nitrogens with one attached hydrogen (secondary N) is 1. The fourth-order valence-corrected chi connectivity index (χ4v) is 4.32. The Morgan fingerprint density at radius 2 is 1.81 bits per heavy atom. The Morgan fingerprint density at radius 3 is 2.58 bits per heavy atom. The van der Waals surface area contributed by atoms with E-state index in [1.54, 1.807) is 22.9 Å². The summed E-state index contributed by atoms with van der Waals surface area (Å²) in [6.07, 6.45) is 0.626. The molecule has 0 saturated heterocycles. The molecule has 4 rings (SSSR count). The molecule has 0 aliphatic heterocycles. The van der Waals surface area contributed by atoms with E-state index in [1.165, 1.54) is 0 Å². The minimum atomic E-state index is -0.557. The van der Waals surface area contributed by atoms with E-state index in [2.05, 4.69) is 15.4 Å². The van der Waals surface area contributed by atoms with Crippen LogP contribution in [0, 0.1) is 13.8 Å². The SMILES string of the molecule is Cc1nn(-c2ccccc2)c(C)c1C(=O)OCC(=O)NCCc1nc2ccccc2s1. The van der Waals surface area contributed by atoms with Crippen LogP contribution < -0.4 is 5.32 Å². The average Bonchev–Trinajstić information content (AvgIpc) is 3.32. The summed E-state index contributed by atoms with van der Waals surface area (Å²) < 4.78 is 8.06. The lowest BCUT2D eigenvalue weighted by atomic mass is 10.2. The molecule has 1 amide bonds. The summed E-state index contributed by atoms with van der Waals surface area (Å²) in [5.41, 5.74) is 3.43. The molecule has 8 heteroatoms. The number of aryl methyl sites for hydroxylation is 1. The largest absolute Gasteiger partial charge is 0.452 e. The van der Waals surface area contributed by atoms with E-state index < -0.39 is 5.97 Å². The highest BCUT2D eigenvalue weighted by molar-refractivity contribution is 7.18. The van der Waals surface area contributed by atoms with Gasteiger partial charge in [0.05, 0.1) is 32.3 Å². The molecule has 0 aliphatic rings. The van der Waals surface area contributed by atoms with Gasteiger partial charge in [0.15, 0.2) is 6.61 Å². The third-order valence-corrected chi connectivity index (χ3v) is 5.93. The molecule has 31 heavy (non-hydrogen) atoms. The van der Waals surface area contributed by atoms with Crippen molar-refractivity contribution in [2.45, 2.75) is 20.3 Å². The van der Waals surface area contributed by atoms with Crippen molar-refractivity contribution in [1.82, 2.24) is 20.1 Å². The summed E-state index contributed by atoms with van der Waals surface area (Å²) in [5.74, 6) is -0.904. The molecule has 0 atom stereocenters. The van der Waals surface area contributed by atoms with E-state index in [-0.39, 0.29) is 12.5 Å². The van der Waals surface area contributed by atoms with Crippen LogP contribution in [0.1, 0.15) is 26.8 Å². The van der Waals surface area contributed by atoms with Crippen LogP contribution in [0.3, 0.4) is 0 Å². The van der Waals surface area contributed by atoms with Gasteiger partial charge in [-0.2, -0.15) is 5.10 Å². The maximum Gasteiger partial charge on any atom is 0.342 e. The minimum Gasteiger partial charge on any atom is -0.452 e. The van der Waals surface area contributed by atoms with Gasteiger partial charge in [0, 0.05) is 13.0 Å². The number of hydrogen-bond acceptors (Lipinski definition) is 6. The number of carbonyl (C=O) groups is 2. The molecule has 158 valence electrons. The van der Waals surface area contributed by atoms with Crippen LogP contribution in [-0.2, 0) is 16.0 Å². The summed E-state index contributed by atoms with van der Waals surface area (Å²) in [4.78, 5) is 29.2. The first-order valence-electron chi connectivity index (χ1n) is 9.93. The Balaban J connectivity index is 1.30. The molecule has 0 saturated carbocycles. The van der Waals surface area contributed by atoms with E-state index in [1.807, 2.05) is 61.5 Å². The lowest BCUT2D eigenvalue weighted by Gasteiger charge is -2.07. The van der Waals surface area contributed by atoms with Crippen molar-refractivity contribution in [3.05, 3.63) is 76.6 Å². The second kappa shape index (κ2) is 9.09. The molecule has 0 spiro atoms. The van der Waals surface area contributed by atoms with Crippen LogP contribution in [0.4, 0.5) is 0 Å². The lowest BCUT2D eigenvalue weighted by Crippen LogP contribution is -2.30. The highest BCUT2D eigenvalue weighted by atomic mass is 32.1. The zero-order valence-corrected chi connectivity index (χ0v) is 18.1. The molecule has 4 aromatic rings. The number of benzene rings is 2. The van der Waals surface area contributed by atoms with Crippen molar-refractivity contribution >= 4 is 33.4 Å². The van der Waals surface area contributed by atoms with Gasteiger partial charge in [0.25, 0.3) is 5.91 Å². The van der Waals surface area contributed by atoms with Crippen molar-refractivity contribution in [2.75, 3.05) is 13.2 Å². The Labute approximate surface area is 183 Å². The number of thiazole rings is 1. The highest BCUT2D eigenvalue weighted by Crippen LogP contribution is 2.21. The quantitative estimate of drug-likeness (QED) is 0.449. The third kappa shape index (κ3) is 4.64. The number of nitrogens with zero attached hydrogens (tertiary/aromatic N) is 3.